The zero-order chi connectivity index (χ0) is 8.27. The largest absolute Gasteiger partial charge is 0.346 e. The molecule has 2 heteroatoms. The van der Waals surface area contributed by atoms with Gasteiger partial charge in [-0.25, -0.2) is 0 Å². The van der Waals surface area contributed by atoms with Crippen molar-refractivity contribution >= 4 is 0 Å². The Bertz CT molecular complexity index is 152. The van der Waals surface area contributed by atoms with Gasteiger partial charge in [0.05, 0.1) is 12.7 Å². The van der Waals surface area contributed by atoms with E-state index in [1.165, 1.54) is 5.57 Å². The third-order valence-corrected chi connectivity index (χ3v) is 1.74. The highest BCUT2D eigenvalue weighted by atomic mass is 16.7. The lowest BCUT2D eigenvalue weighted by molar-refractivity contribution is -0.0252. The van der Waals surface area contributed by atoms with Gasteiger partial charge in [0.1, 0.15) is 0 Å². The third kappa shape index (κ3) is 2.31. The Balaban J connectivity index is 2.43. The Morgan fingerprint density at radius 2 is 2.36 bits per heavy atom. The van der Waals surface area contributed by atoms with Crippen LogP contribution in [0.1, 0.15) is 27.2 Å². The molecule has 1 fully saturated rings. The van der Waals surface area contributed by atoms with Crippen LogP contribution in [0.3, 0.4) is 0 Å². The fraction of sp³-hybridized carbons (Fsp3) is 0.778. The predicted molar refractivity (Wildman–Crippen MR) is 44.3 cm³/mol. The van der Waals surface area contributed by atoms with E-state index in [0.29, 0.717) is 0 Å². The summed E-state index contributed by atoms with van der Waals surface area (Å²) in [6.07, 6.45) is 3.36. The summed E-state index contributed by atoms with van der Waals surface area (Å²) in [4.78, 5) is 0. The molecule has 0 aromatic heterocycles. The molecule has 0 radical (unpaired) electrons. The minimum absolute atomic E-state index is 0.0788. The average molecular weight is 156 g/mol. The van der Waals surface area contributed by atoms with Crippen LogP contribution in [-0.2, 0) is 9.47 Å². The van der Waals surface area contributed by atoms with Crippen LogP contribution >= 0.6 is 0 Å². The maximum absolute atomic E-state index is 5.49. The summed E-state index contributed by atoms with van der Waals surface area (Å²) >= 11 is 0. The molecule has 1 aliphatic rings. The van der Waals surface area contributed by atoms with Crippen molar-refractivity contribution in [3.63, 3.8) is 0 Å². The monoisotopic (exact) mass is 156 g/mol. The number of hydrogen-bond acceptors (Lipinski definition) is 2. The van der Waals surface area contributed by atoms with Crippen molar-refractivity contribution in [3.05, 3.63) is 11.6 Å². The SMILES string of the molecule is CC/C=C(\C)C1OCC(C)O1. The summed E-state index contributed by atoms with van der Waals surface area (Å²) in [5.41, 5.74) is 1.19. The highest BCUT2D eigenvalue weighted by molar-refractivity contribution is 5.02. The Kier molecular flexibility index (Phi) is 3.09. The number of hydrogen-bond donors (Lipinski definition) is 0. The zero-order valence-corrected chi connectivity index (χ0v) is 7.46. The predicted octanol–water partition coefficient (Wildman–Crippen LogP) is 2.10. The lowest BCUT2D eigenvalue weighted by atomic mass is 10.2. The van der Waals surface area contributed by atoms with Crippen LogP contribution in [0.5, 0.6) is 0 Å². The number of ether oxygens (including phenoxy) is 2. The second-order valence-electron chi connectivity index (χ2n) is 2.97. The van der Waals surface area contributed by atoms with Gasteiger partial charge in [-0.3, -0.25) is 0 Å². The highest BCUT2D eigenvalue weighted by Gasteiger charge is 2.22. The molecule has 0 amide bonds. The molecule has 11 heavy (non-hydrogen) atoms. The minimum atomic E-state index is -0.0788. The first-order valence-electron chi connectivity index (χ1n) is 4.17. The van der Waals surface area contributed by atoms with Crippen molar-refractivity contribution in [3.8, 4) is 0 Å². The van der Waals surface area contributed by atoms with Crippen LogP contribution in [0.4, 0.5) is 0 Å². The first-order valence-corrected chi connectivity index (χ1v) is 4.17. The minimum Gasteiger partial charge on any atom is -0.346 e. The van der Waals surface area contributed by atoms with Gasteiger partial charge >= 0.3 is 0 Å². The lowest BCUT2D eigenvalue weighted by Crippen LogP contribution is -2.10. The van der Waals surface area contributed by atoms with E-state index in [9.17, 15) is 0 Å². The maximum atomic E-state index is 5.49. The van der Waals surface area contributed by atoms with Crippen LogP contribution in [0.25, 0.3) is 0 Å². The lowest BCUT2D eigenvalue weighted by Gasteiger charge is -2.09. The van der Waals surface area contributed by atoms with Crippen LogP contribution in [0.15, 0.2) is 11.6 Å². The van der Waals surface area contributed by atoms with Crippen LogP contribution in [0.2, 0.25) is 0 Å². The summed E-state index contributed by atoms with van der Waals surface area (Å²) in [5, 5.41) is 0. The molecule has 1 aliphatic heterocycles. The molecule has 1 heterocycles. The van der Waals surface area contributed by atoms with Crippen molar-refractivity contribution in [2.75, 3.05) is 6.61 Å². The van der Waals surface area contributed by atoms with Gasteiger partial charge in [0, 0.05) is 0 Å². The molecule has 64 valence electrons. The molecule has 2 nitrogen and oxygen atoms in total. The highest BCUT2D eigenvalue weighted by Crippen LogP contribution is 2.17. The smallest absolute Gasteiger partial charge is 0.180 e. The summed E-state index contributed by atoms with van der Waals surface area (Å²) in [6, 6.07) is 0. The Morgan fingerprint density at radius 3 is 2.82 bits per heavy atom. The van der Waals surface area contributed by atoms with Gasteiger partial charge in [-0.15, -0.1) is 0 Å². The van der Waals surface area contributed by atoms with Crippen LogP contribution < -0.4 is 0 Å². The van der Waals surface area contributed by atoms with Gasteiger partial charge in [0.15, 0.2) is 6.29 Å². The van der Waals surface area contributed by atoms with Gasteiger partial charge in [-0.1, -0.05) is 13.0 Å². The van der Waals surface area contributed by atoms with E-state index in [2.05, 4.69) is 13.0 Å². The Hall–Kier alpha value is -0.340. The van der Waals surface area contributed by atoms with E-state index in [1.54, 1.807) is 0 Å². The van der Waals surface area contributed by atoms with E-state index < -0.39 is 0 Å². The maximum Gasteiger partial charge on any atom is 0.180 e. The molecule has 0 bridgehead atoms. The summed E-state index contributed by atoms with van der Waals surface area (Å²) in [5.74, 6) is 0. The van der Waals surface area contributed by atoms with Gasteiger partial charge in [0.25, 0.3) is 0 Å². The third-order valence-electron chi connectivity index (χ3n) is 1.74. The Morgan fingerprint density at radius 1 is 1.64 bits per heavy atom. The van der Waals surface area contributed by atoms with E-state index in [-0.39, 0.29) is 12.4 Å². The molecule has 0 saturated carbocycles. The van der Waals surface area contributed by atoms with Gasteiger partial charge < -0.3 is 9.47 Å². The summed E-state index contributed by atoms with van der Waals surface area (Å²) in [6.45, 7) is 6.91. The topological polar surface area (TPSA) is 18.5 Å². The van der Waals surface area contributed by atoms with Gasteiger partial charge in [0.2, 0.25) is 0 Å². The Labute approximate surface area is 68.2 Å². The first kappa shape index (κ1) is 8.75. The molecule has 1 rings (SSSR count). The van der Waals surface area contributed by atoms with Gasteiger partial charge in [-0.05, 0) is 25.8 Å². The van der Waals surface area contributed by atoms with E-state index in [1.807, 2.05) is 13.8 Å². The number of rotatable bonds is 2. The molecule has 0 N–H and O–H groups in total. The quantitative estimate of drug-likeness (QED) is 0.570. The molecule has 0 aromatic carbocycles. The van der Waals surface area contributed by atoms with E-state index >= 15 is 0 Å². The normalized spacial score (nSPS) is 32.8. The fourth-order valence-corrected chi connectivity index (χ4v) is 1.17. The van der Waals surface area contributed by atoms with Crippen molar-refractivity contribution < 1.29 is 9.47 Å². The molecular weight excluding hydrogens is 140 g/mol. The first-order chi connectivity index (χ1) is 5.24. The molecule has 0 aromatic rings. The summed E-state index contributed by atoms with van der Waals surface area (Å²) in [7, 11) is 0. The molecule has 2 atom stereocenters. The van der Waals surface area contributed by atoms with E-state index in [4.69, 9.17) is 9.47 Å². The van der Waals surface area contributed by atoms with Crippen molar-refractivity contribution in [1.29, 1.82) is 0 Å². The molecule has 0 aliphatic carbocycles. The second kappa shape index (κ2) is 3.88. The molecule has 0 spiro atoms. The average Bonchev–Trinajstić information content (AvgIpc) is 2.36. The van der Waals surface area contributed by atoms with Crippen molar-refractivity contribution in [2.45, 2.75) is 39.6 Å². The second-order valence-corrected chi connectivity index (χ2v) is 2.97. The standard InChI is InChI=1S/C9H16O2/c1-4-5-7(2)9-10-6-8(3)11-9/h5,8-9H,4,6H2,1-3H3/b7-5+. The summed E-state index contributed by atoms with van der Waals surface area (Å²) < 4.78 is 10.9. The van der Waals surface area contributed by atoms with Crippen molar-refractivity contribution in [2.24, 2.45) is 0 Å². The molecular formula is C9H16O2. The van der Waals surface area contributed by atoms with Gasteiger partial charge in [-0.2, -0.15) is 0 Å². The molecule has 1 saturated heterocycles. The zero-order valence-electron chi connectivity index (χ0n) is 7.46. The van der Waals surface area contributed by atoms with Crippen LogP contribution in [-0.4, -0.2) is 19.0 Å². The van der Waals surface area contributed by atoms with Crippen LogP contribution in [0, 0.1) is 0 Å². The van der Waals surface area contributed by atoms with E-state index in [0.717, 1.165) is 13.0 Å². The van der Waals surface area contributed by atoms with Crippen molar-refractivity contribution in [1.82, 2.24) is 0 Å². The number of allylic oxidation sites excluding steroid dienone is 1. The fourth-order valence-electron chi connectivity index (χ4n) is 1.17. The molecule has 2 unspecified atom stereocenters.